The van der Waals surface area contributed by atoms with Crippen LogP contribution in [0.5, 0.6) is 11.6 Å². The topological polar surface area (TPSA) is 75.4 Å². The van der Waals surface area contributed by atoms with Gasteiger partial charge in [-0.15, -0.1) is 0 Å². The summed E-state index contributed by atoms with van der Waals surface area (Å²) in [6, 6.07) is 21.4. The first-order valence-corrected chi connectivity index (χ1v) is 11.0. The lowest BCUT2D eigenvalue weighted by atomic mass is 9.70. The van der Waals surface area contributed by atoms with Gasteiger partial charge in [0.25, 0.3) is 0 Å². The Kier molecular flexibility index (Phi) is 4.74. The van der Waals surface area contributed by atoms with Crippen molar-refractivity contribution in [3.63, 3.8) is 0 Å². The summed E-state index contributed by atoms with van der Waals surface area (Å²) in [5, 5.41) is 22.8. The summed E-state index contributed by atoms with van der Waals surface area (Å²) in [7, 11) is 1.47. The van der Waals surface area contributed by atoms with Crippen molar-refractivity contribution in [1.82, 2.24) is 4.98 Å². The minimum absolute atomic E-state index is 0.165. The van der Waals surface area contributed by atoms with E-state index in [1.807, 2.05) is 54.6 Å². The van der Waals surface area contributed by atoms with Crippen LogP contribution in [-0.4, -0.2) is 17.2 Å². The maximum atomic E-state index is 12.4. The second kappa shape index (κ2) is 7.23. The van der Waals surface area contributed by atoms with Crippen molar-refractivity contribution in [2.24, 2.45) is 5.92 Å². The first-order valence-electron chi connectivity index (χ1n) is 9.82. The fourth-order valence-corrected chi connectivity index (χ4v) is 5.65. The molecule has 0 amide bonds. The molecule has 2 aromatic carbocycles. The molecule has 2 heterocycles. The molecule has 3 aromatic rings. The lowest BCUT2D eigenvalue weighted by molar-refractivity contribution is -0.119. The van der Waals surface area contributed by atoms with Gasteiger partial charge in [0, 0.05) is 16.5 Å². The van der Waals surface area contributed by atoms with Crippen LogP contribution in [0.4, 0.5) is 0 Å². The molecule has 0 spiro atoms. The first kappa shape index (κ1) is 20.3. The Morgan fingerprint density at radius 3 is 2.58 bits per heavy atom. The molecule has 0 saturated heterocycles. The second-order valence-electron chi connectivity index (χ2n) is 7.82. The van der Waals surface area contributed by atoms with E-state index in [0.29, 0.717) is 17.7 Å². The molecule has 4 unspecified atom stereocenters. The van der Waals surface area contributed by atoms with E-state index in [1.54, 1.807) is 6.07 Å². The fraction of sp³-hybridized carbons (Fsp3) is 0.250. The molecule has 2 aliphatic rings. The van der Waals surface area contributed by atoms with Crippen molar-refractivity contribution in [3.05, 3.63) is 87.0 Å². The van der Waals surface area contributed by atoms with Crippen LogP contribution < -0.4 is 9.47 Å². The van der Waals surface area contributed by atoms with Crippen molar-refractivity contribution in [1.29, 1.82) is 5.26 Å². The lowest BCUT2D eigenvalue weighted by Gasteiger charge is -2.40. The molecule has 5 nitrogen and oxygen atoms in total. The summed E-state index contributed by atoms with van der Waals surface area (Å²) in [5.74, 6) is -0.499. The van der Waals surface area contributed by atoms with E-state index in [4.69, 9.17) is 21.1 Å². The Balaban J connectivity index is 1.86. The molecule has 31 heavy (non-hydrogen) atoms. The number of nitriles is 1. The van der Waals surface area contributed by atoms with E-state index in [9.17, 15) is 10.4 Å². The van der Waals surface area contributed by atoms with Crippen molar-refractivity contribution in [3.8, 4) is 17.7 Å². The van der Waals surface area contributed by atoms with Crippen LogP contribution >= 0.6 is 27.5 Å². The Labute approximate surface area is 193 Å². The molecule has 156 valence electrons. The largest absolute Gasteiger partial charge is 0.481 e. The first-order chi connectivity index (χ1) is 15.0. The summed E-state index contributed by atoms with van der Waals surface area (Å²) in [6.45, 7) is 0. The van der Waals surface area contributed by atoms with E-state index in [2.05, 4.69) is 27.0 Å². The molecule has 0 bridgehead atoms. The van der Waals surface area contributed by atoms with Gasteiger partial charge in [0.1, 0.15) is 10.9 Å². The number of methoxy groups -OCH3 is 1. The molecular formula is C24H18BrClN2O3. The third-order valence-corrected chi connectivity index (χ3v) is 7.15. The Bertz CT molecular complexity index is 1200. The van der Waals surface area contributed by atoms with Gasteiger partial charge in [-0.25, -0.2) is 4.98 Å². The van der Waals surface area contributed by atoms with Crippen LogP contribution in [0.2, 0.25) is 5.15 Å². The number of pyridine rings is 1. The van der Waals surface area contributed by atoms with Crippen molar-refractivity contribution in [2.45, 2.75) is 23.5 Å². The van der Waals surface area contributed by atoms with Crippen molar-refractivity contribution in [2.75, 3.05) is 7.11 Å². The Hall–Kier alpha value is -2.59. The smallest absolute Gasteiger partial charge is 0.224 e. The zero-order chi connectivity index (χ0) is 21.8. The SMILES string of the molecule is COc1nc(Cl)cc2c1C1(O)C(C#N)CC(c3ccccc3)C1(c1ccc(Br)cc1)O2. The maximum absolute atomic E-state index is 12.4. The van der Waals surface area contributed by atoms with Crippen molar-refractivity contribution < 1.29 is 14.6 Å². The number of benzene rings is 2. The van der Waals surface area contributed by atoms with Gasteiger partial charge < -0.3 is 14.6 Å². The maximum Gasteiger partial charge on any atom is 0.224 e. The number of ether oxygens (including phenoxy) is 2. The van der Waals surface area contributed by atoms with Crippen LogP contribution in [0.15, 0.2) is 65.1 Å². The molecule has 1 aliphatic carbocycles. The molecule has 1 aliphatic heterocycles. The molecule has 1 fully saturated rings. The number of fused-ring (bicyclic) bond motifs is 3. The number of aliphatic hydroxyl groups is 1. The highest BCUT2D eigenvalue weighted by Gasteiger charge is 2.74. The lowest BCUT2D eigenvalue weighted by Crippen LogP contribution is -2.50. The average molecular weight is 498 g/mol. The van der Waals surface area contributed by atoms with Crippen LogP contribution in [0.3, 0.4) is 0 Å². The third-order valence-electron chi connectivity index (χ3n) is 6.43. The van der Waals surface area contributed by atoms with E-state index >= 15 is 0 Å². The van der Waals surface area contributed by atoms with Crippen LogP contribution in [0, 0.1) is 17.2 Å². The molecule has 1 saturated carbocycles. The number of hydrogen-bond donors (Lipinski definition) is 1. The Morgan fingerprint density at radius 2 is 1.94 bits per heavy atom. The van der Waals surface area contributed by atoms with Gasteiger partial charge in [-0.3, -0.25) is 0 Å². The molecule has 0 radical (unpaired) electrons. The van der Waals surface area contributed by atoms with Gasteiger partial charge in [0.2, 0.25) is 5.88 Å². The highest BCUT2D eigenvalue weighted by molar-refractivity contribution is 9.10. The van der Waals surface area contributed by atoms with Gasteiger partial charge in [-0.1, -0.05) is 70.0 Å². The molecule has 1 N–H and O–H groups in total. The number of aromatic nitrogens is 1. The molecular weight excluding hydrogens is 480 g/mol. The number of hydrogen-bond acceptors (Lipinski definition) is 5. The monoisotopic (exact) mass is 496 g/mol. The van der Waals surface area contributed by atoms with Gasteiger partial charge in [-0.2, -0.15) is 5.26 Å². The van der Waals surface area contributed by atoms with Gasteiger partial charge in [0.15, 0.2) is 11.2 Å². The van der Waals surface area contributed by atoms with E-state index in [0.717, 1.165) is 15.6 Å². The number of halogens is 2. The number of rotatable bonds is 3. The van der Waals surface area contributed by atoms with Crippen LogP contribution in [-0.2, 0) is 11.2 Å². The Morgan fingerprint density at radius 1 is 1.23 bits per heavy atom. The fourth-order valence-electron chi connectivity index (χ4n) is 5.21. The molecule has 1 aromatic heterocycles. The molecule has 5 rings (SSSR count). The normalized spacial score (nSPS) is 28.4. The summed E-state index contributed by atoms with van der Waals surface area (Å²) >= 11 is 9.70. The van der Waals surface area contributed by atoms with E-state index in [-0.39, 0.29) is 17.0 Å². The van der Waals surface area contributed by atoms with E-state index in [1.165, 1.54) is 7.11 Å². The minimum atomic E-state index is -1.69. The van der Waals surface area contributed by atoms with Gasteiger partial charge >= 0.3 is 0 Å². The second-order valence-corrected chi connectivity index (χ2v) is 9.12. The summed E-state index contributed by atoms with van der Waals surface area (Å²) in [4.78, 5) is 4.26. The molecule has 4 atom stereocenters. The minimum Gasteiger partial charge on any atom is -0.481 e. The third kappa shape index (κ3) is 2.67. The predicted octanol–water partition coefficient (Wildman–Crippen LogP) is 5.31. The number of nitrogens with zero attached hydrogens (tertiary/aromatic N) is 2. The van der Waals surface area contributed by atoms with Crippen LogP contribution in [0.25, 0.3) is 0 Å². The standard InChI is InChI=1S/C24H18BrClN2O3/c1-30-22-21-19(12-20(26)28-22)31-24(15-7-9-17(25)10-8-15)18(14-5-3-2-4-6-14)11-16(13-27)23(21,24)29/h2-10,12,16,18,29H,11H2,1H3. The van der Waals surface area contributed by atoms with Crippen LogP contribution in [0.1, 0.15) is 29.0 Å². The molecule has 7 heteroatoms. The van der Waals surface area contributed by atoms with Gasteiger partial charge in [-0.05, 0) is 29.7 Å². The highest BCUT2D eigenvalue weighted by Crippen LogP contribution is 2.69. The van der Waals surface area contributed by atoms with Crippen molar-refractivity contribution >= 4 is 27.5 Å². The van der Waals surface area contributed by atoms with Gasteiger partial charge in [0.05, 0.1) is 24.7 Å². The highest BCUT2D eigenvalue weighted by atomic mass is 79.9. The summed E-state index contributed by atoms with van der Waals surface area (Å²) in [5.41, 5.74) is -0.829. The zero-order valence-corrected chi connectivity index (χ0v) is 18.9. The summed E-state index contributed by atoms with van der Waals surface area (Å²) < 4.78 is 13.0. The summed E-state index contributed by atoms with van der Waals surface area (Å²) in [6.07, 6.45) is 0.415. The average Bonchev–Trinajstić information content (AvgIpc) is 3.18. The predicted molar refractivity (Wildman–Crippen MR) is 119 cm³/mol. The zero-order valence-electron chi connectivity index (χ0n) is 16.5. The van der Waals surface area contributed by atoms with E-state index < -0.39 is 17.1 Å². The quantitative estimate of drug-likeness (QED) is 0.496.